The van der Waals surface area contributed by atoms with Crippen LogP contribution in [0.15, 0.2) is 4.47 Å². The maximum atomic E-state index is 9.57. The van der Waals surface area contributed by atoms with Gasteiger partial charge in [0, 0.05) is 20.6 Å². The molecule has 1 atom stereocenters. The fourth-order valence-corrected chi connectivity index (χ4v) is 1.87. The predicted octanol–water partition coefficient (Wildman–Crippen LogP) is 1.04. The van der Waals surface area contributed by atoms with Crippen LogP contribution in [0, 0.1) is 6.92 Å². The summed E-state index contributed by atoms with van der Waals surface area (Å²) in [6.07, 6.45) is 0.0669. The van der Waals surface area contributed by atoms with E-state index in [0.717, 1.165) is 15.9 Å². The zero-order valence-electron chi connectivity index (χ0n) is 8.62. The Kier molecular flexibility index (Phi) is 4.10. The molecule has 1 aromatic rings. The number of ether oxygens (including phenoxy) is 1. The number of hydrogen-bond acceptors (Lipinski definition) is 3. The van der Waals surface area contributed by atoms with Crippen molar-refractivity contribution in [3.8, 4) is 0 Å². The molecule has 1 N–H and O–H groups in total. The lowest BCUT2D eigenvalue weighted by molar-refractivity contribution is 0.0638. The molecule has 0 bridgehead atoms. The molecule has 80 valence electrons. The lowest BCUT2D eigenvalue weighted by Crippen LogP contribution is -2.19. The molecule has 0 aromatic carbocycles. The third kappa shape index (κ3) is 2.56. The van der Waals surface area contributed by atoms with E-state index in [-0.39, 0.29) is 0 Å². The molecule has 0 amide bonds. The van der Waals surface area contributed by atoms with Gasteiger partial charge in [-0.25, -0.2) is 0 Å². The first-order valence-corrected chi connectivity index (χ1v) is 5.20. The molecule has 1 heterocycles. The van der Waals surface area contributed by atoms with Crippen molar-refractivity contribution >= 4 is 15.9 Å². The number of halogens is 1. The third-order valence-corrected chi connectivity index (χ3v) is 3.08. The molecular formula is C9H15BrN2O2. The number of aryl methyl sites for hydroxylation is 2. The molecule has 0 aliphatic carbocycles. The average Bonchev–Trinajstić information content (AvgIpc) is 2.33. The van der Waals surface area contributed by atoms with Crippen LogP contribution < -0.4 is 0 Å². The molecule has 0 aliphatic rings. The lowest BCUT2D eigenvalue weighted by Gasteiger charge is -2.09. The van der Waals surface area contributed by atoms with Crippen molar-refractivity contribution in [2.75, 3.05) is 13.7 Å². The molecule has 0 saturated carbocycles. The van der Waals surface area contributed by atoms with Crippen molar-refractivity contribution in [1.82, 2.24) is 9.78 Å². The van der Waals surface area contributed by atoms with Crippen LogP contribution in [0.5, 0.6) is 0 Å². The maximum absolute atomic E-state index is 9.57. The minimum absolute atomic E-state index is 0.344. The second kappa shape index (κ2) is 4.91. The van der Waals surface area contributed by atoms with Crippen LogP contribution in [-0.4, -0.2) is 34.7 Å². The highest BCUT2D eigenvalue weighted by Gasteiger charge is 2.14. The van der Waals surface area contributed by atoms with E-state index in [2.05, 4.69) is 21.0 Å². The topological polar surface area (TPSA) is 47.3 Å². The number of nitrogens with zero attached hydrogens (tertiary/aromatic N) is 2. The molecule has 5 heteroatoms. The molecule has 0 fully saturated rings. The second-order valence-corrected chi connectivity index (χ2v) is 4.08. The molecule has 1 rings (SSSR count). The first-order valence-electron chi connectivity index (χ1n) is 4.41. The highest BCUT2D eigenvalue weighted by molar-refractivity contribution is 9.10. The summed E-state index contributed by atoms with van der Waals surface area (Å²) in [5.74, 6) is 0. The summed E-state index contributed by atoms with van der Waals surface area (Å²) in [5.41, 5.74) is 1.93. The summed E-state index contributed by atoms with van der Waals surface area (Å²) in [4.78, 5) is 0. The maximum Gasteiger partial charge on any atom is 0.0829 e. The van der Waals surface area contributed by atoms with E-state index in [4.69, 9.17) is 4.74 Å². The fraction of sp³-hybridized carbons (Fsp3) is 0.667. The van der Waals surface area contributed by atoms with Crippen molar-refractivity contribution < 1.29 is 9.84 Å². The zero-order valence-corrected chi connectivity index (χ0v) is 10.2. The Morgan fingerprint density at radius 1 is 1.64 bits per heavy atom. The predicted molar refractivity (Wildman–Crippen MR) is 57.2 cm³/mol. The smallest absolute Gasteiger partial charge is 0.0829 e. The van der Waals surface area contributed by atoms with E-state index in [9.17, 15) is 5.11 Å². The van der Waals surface area contributed by atoms with Gasteiger partial charge in [0.05, 0.1) is 28.6 Å². The van der Waals surface area contributed by atoms with Crippen LogP contribution in [0.4, 0.5) is 0 Å². The molecule has 0 aliphatic heterocycles. The van der Waals surface area contributed by atoms with Gasteiger partial charge in [0.1, 0.15) is 0 Å². The number of methoxy groups -OCH3 is 1. The van der Waals surface area contributed by atoms with E-state index in [1.807, 2.05) is 14.0 Å². The SMILES string of the molecule is COCC(O)Cc1c(Br)c(C)nn1C. The lowest BCUT2D eigenvalue weighted by atomic mass is 10.2. The van der Waals surface area contributed by atoms with E-state index in [1.165, 1.54) is 0 Å². The van der Waals surface area contributed by atoms with Gasteiger partial charge in [-0.3, -0.25) is 4.68 Å². The van der Waals surface area contributed by atoms with Gasteiger partial charge in [0.25, 0.3) is 0 Å². The molecule has 4 nitrogen and oxygen atoms in total. The van der Waals surface area contributed by atoms with E-state index >= 15 is 0 Å². The van der Waals surface area contributed by atoms with Crippen molar-refractivity contribution in [2.24, 2.45) is 7.05 Å². The minimum atomic E-state index is -0.480. The van der Waals surface area contributed by atoms with Crippen molar-refractivity contribution in [1.29, 1.82) is 0 Å². The van der Waals surface area contributed by atoms with Gasteiger partial charge in [-0.15, -0.1) is 0 Å². The highest BCUT2D eigenvalue weighted by atomic mass is 79.9. The van der Waals surface area contributed by atoms with Crippen molar-refractivity contribution in [3.05, 3.63) is 15.9 Å². The van der Waals surface area contributed by atoms with Gasteiger partial charge >= 0.3 is 0 Å². The molecular weight excluding hydrogens is 248 g/mol. The molecule has 0 spiro atoms. The van der Waals surface area contributed by atoms with Crippen LogP contribution in [0.2, 0.25) is 0 Å². The Labute approximate surface area is 92.0 Å². The first kappa shape index (κ1) is 11.7. The molecule has 14 heavy (non-hydrogen) atoms. The number of hydrogen-bond donors (Lipinski definition) is 1. The summed E-state index contributed by atoms with van der Waals surface area (Å²) in [6.45, 7) is 2.27. The number of aliphatic hydroxyl groups excluding tert-OH is 1. The summed E-state index contributed by atoms with van der Waals surface area (Å²) < 4.78 is 7.61. The second-order valence-electron chi connectivity index (χ2n) is 3.28. The monoisotopic (exact) mass is 262 g/mol. The fourth-order valence-electron chi connectivity index (χ4n) is 1.38. The molecule has 1 aromatic heterocycles. The summed E-state index contributed by atoms with van der Waals surface area (Å²) in [6, 6.07) is 0. The summed E-state index contributed by atoms with van der Waals surface area (Å²) in [7, 11) is 3.44. The highest BCUT2D eigenvalue weighted by Crippen LogP contribution is 2.21. The van der Waals surface area contributed by atoms with Gasteiger partial charge in [-0.1, -0.05) is 0 Å². The van der Waals surface area contributed by atoms with Gasteiger partial charge < -0.3 is 9.84 Å². The van der Waals surface area contributed by atoms with Gasteiger partial charge in [-0.05, 0) is 22.9 Å². The summed E-state index contributed by atoms with van der Waals surface area (Å²) >= 11 is 3.45. The van der Waals surface area contributed by atoms with Gasteiger partial charge in [-0.2, -0.15) is 5.10 Å². The zero-order chi connectivity index (χ0) is 10.7. The number of aromatic nitrogens is 2. The molecule has 1 unspecified atom stereocenters. The van der Waals surface area contributed by atoms with E-state index in [1.54, 1.807) is 11.8 Å². The largest absolute Gasteiger partial charge is 0.390 e. The normalized spacial score (nSPS) is 13.2. The Morgan fingerprint density at radius 3 is 2.71 bits per heavy atom. The number of rotatable bonds is 4. The van der Waals surface area contributed by atoms with E-state index in [0.29, 0.717) is 13.0 Å². The standard InChI is InChI=1S/C9H15BrN2O2/c1-6-9(10)8(12(2)11-6)4-7(13)5-14-3/h7,13H,4-5H2,1-3H3. The van der Waals surface area contributed by atoms with Crippen LogP contribution in [0.25, 0.3) is 0 Å². The van der Waals surface area contributed by atoms with Gasteiger partial charge in [0.2, 0.25) is 0 Å². The van der Waals surface area contributed by atoms with Crippen LogP contribution in [0.3, 0.4) is 0 Å². The molecule has 0 radical (unpaired) electrons. The van der Waals surface area contributed by atoms with E-state index < -0.39 is 6.10 Å². The Balaban J connectivity index is 2.75. The van der Waals surface area contributed by atoms with Crippen molar-refractivity contribution in [2.45, 2.75) is 19.4 Å². The average molecular weight is 263 g/mol. The Hall–Kier alpha value is -0.390. The number of aliphatic hydroxyl groups is 1. The summed E-state index contributed by atoms with van der Waals surface area (Å²) in [5, 5.41) is 13.8. The molecule has 0 saturated heterocycles. The Bertz CT molecular complexity index is 312. The minimum Gasteiger partial charge on any atom is -0.390 e. The van der Waals surface area contributed by atoms with Crippen molar-refractivity contribution in [3.63, 3.8) is 0 Å². The van der Waals surface area contributed by atoms with Crippen LogP contribution in [-0.2, 0) is 18.2 Å². The quantitative estimate of drug-likeness (QED) is 0.883. The third-order valence-electron chi connectivity index (χ3n) is 2.05. The first-order chi connectivity index (χ1) is 6.56. The Morgan fingerprint density at radius 2 is 2.29 bits per heavy atom. The van der Waals surface area contributed by atoms with Crippen LogP contribution in [0.1, 0.15) is 11.4 Å². The van der Waals surface area contributed by atoms with Gasteiger partial charge in [0.15, 0.2) is 0 Å². The van der Waals surface area contributed by atoms with Crippen LogP contribution >= 0.6 is 15.9 Å².